The van der Waals surface area contributed by atoms with Gasteiger partial charge in [0.2, 0.25) is 0 Å². The third kappa shape index (κ3) is 2.43. The van der Waals surface area contributed by atoms with Crippen LogP contribution in [0.15, 0.2) is 0 Å². The molecule has 2 aliphatic rings. The second-order valence-electron chi connectivity index (χ2n) is 6.20. The molecule has 2 N–H and O–H groups in total. The lowest BCUT2D eigenvalue weighted by atomic mass is 9.73. The van der Waals surface area contributed by atoms with E-state index in [1.807, 2.05) is 0 Å². The molecule has 0 aromatic carbocycles. The molecule has 0 atom stereocenters. The fourth-order valence-electron chi connectivity index (χ4n) is 3.38. The highest BCUT2D eigenvalue weighted by atomic mass is 15.2. The van der Waals surface area contributed by atoms with Crippen LogP contribution in [0.3, 0.4) is 0 Å². The molecule has 0 radical (unpaired) electrons. The van der Waals surface area contributed by atoms with Crippen molar-refractivity contribution in [2.75, 3.05) is 19.6 Å². The van der Waals surface area contributed by atoms with Gasteiger partial charge in [-0.25, -0.2) is 0 Å². The minimum Gasteiger partial charge on any atom is -0.324 e. The van der Waals surface area contributed by atoms with Gasteiger partial charge in [-0.3, -0.25) is 0 Å². The number of nitrogens with zero attached hydrogens (tertiary/aromatic N) is 1. The summed E-state index contributed by atoms with van der Waals surface area (Å²) in [5.74, 6) is 0. The predicted molar refractivity (Wildman–Crippen MR) is 69.5 cm³/mol. The lowest BCUT2D eigenvalue weighted by Crippen LogP contribution is -2.56. The average molecular weight is 224 g/mol. The first-order chi connectivity index (χ1) is 7.61. The van der Waals surface area contributed by atoms with Crippen LogP contribution in [0.4, 0.5) is 0 Å². The van der Waals surface area contributed by atoms with Crippen molar-refractivity contribution in [3.05, 3.63) is 0 Å². The molecule has 1 heterocycles. The third-order valence-electron chi connectivity index (χ3n) is 5.30. The van der Waals surface area contributed by atoms with Crippen LogP contribution >= 0.6 is 0 Å². The van der Waals surface area contributed by atoms with Gasteiger partial charge in [0.15, 0.2) is 0 Å². The number of rotatable bonds is 4. The molecule has 94 valence electrons. The predicted octanol–water partition coefficient (Wildman–Crippen LogP) is 2.77. The van der Waals surface area contributed by atoms with E-state index in [0.29, 0.717) is 5.41 Å². The molecular formula is C14H28N2. The summed E-state index contributed by atoms with van der Waals surface area (Å²) in [6.45, 7) is 8.42. The Morgan fingerprint density at radius 2 is 1.56 bits per heavy atom. The van der Waals surface area contributed by atoms with Crippen LogP contribution in [0.1, 0.15) is 58.8 Å². The van der Waals surface area contributed by atoms with Gasteiger partial charge in [0.05, 0.1) is 0 Å². The van der Waals surface area contributed by atoms with E-state index in [1.165, 1.54) is 58.0 Å². The molecule has 16 heavy (non-hydrogen) atoms. The molecule has 0 unspecified atom stereocenters. The van der Waals surface area contributed by atoms with Gasteiger partial charge in [-0.2, -0.15) is 0 Å². The van der Waals surface area contributed by atoms with Crippen molar-refractivity contribution < 1.29 is 0 Å². The smallest absolute Gasteiger partial charge is 0.0283 e. The summed E-state index contributed by atoms with van der Waals surface area (Å²) in [6.07, 6.45) is 9.31. The molecule has 1 saturated carbocycles. The van der Waals surface area contributed by atoms with Gasteiger partial charge in [0.25, 0.3) is 0 Å². The van der Waals surface area contributed by atoms with Gasteiger partial charge < -0.3 is 10.6 Å². The maximum Gasteiger partial charge on any atom is 0.0283 e. The first kappa shape index (κ1) is 12.4. The zero-order valence-electron chi connectivity index (χ0n) is 11.1. The van der Waals surface area contributed by atoms with Gasteiger partial charge in [0, 0.05) is 12.1 Å². The minimum atomic E-state index is 0.179. The average Bonchev–Trinajstić information content (AvgIpc) is 2.28. The van der Waals surface area contributed by atoms with Gasteiger partial charge >= 0.3 is 0 Å². The topological polar surface area (TPSA) is 29.3 Å². The van der Waals surface area contributed by atoms with Crippen molar-refractivity contribution in [3.63, 3.8) is 0 Å². The van der Waals surface area contributed by atoms with Crippen LogP contribution in [0, 0.1) is 5.41 Å². The van der Waals surface area contributed by atoms with Gasteiger partial charge in [-0.05, 0) is 50.6 Å². The second kappa shape index (κ2) is 4.66. The second-order valence-corrected chi connectivity index (χ2v) is 6.20. The SMILES string of the molecule is CCC1(CC)CCN(CC2(N)CCC2)CC1. The van der Waals surface area contributed by atoms with Gasteiger partial charge in [-0.1, -0.05) is 26.7 Å². The quantitative estimate of drug-likeness (QED) is 0.795. The van der Waals surface area contributed by atoms with E-state index in [4.69, 9.17) is 5.73 Å². The Hall–Kier alpha value is -0.0800. The lowest BCUT2D eigenvalue weighted by molar-refractivity contribution is 0.0623. The number of hydrogen-bond donors (Lipinski definition) is 1. The largest absolute Gasteiger partial charge is 0.324 e. The maximum atomic E-state index is 6.32. The Kier molecular flexibility index (Phi) is 3.60. The molecular weight excluding hydrogens is 196 g/mol. The van der Waals surface area contributed by atoms with Crippen LogP contribution in [0.25, 0.3) is 0 Å². The third-order valence-corrected chi connectivity index (χ3v) is 5.30. The number of nitrogens with two attached hydrogens (primary N) is 1. The highest BCUT2D eigenvalue weighted by Gasteiger charge is 2.37. The zero-order valence-corrected chi connectivity index (χ0v) is 11.1. The van der Waals surface area contributed by atoms with Crippen molar-refractivity contribution in [1.82, 2.24) is 4.90 Å². The van der Waals surface area contributed by atoms with E-state index < -0.39 is 0 Å². The first-order valence-electron chi connectivity index (χ1n) is 7.13. The lowest BCUT2D eigenvalue weighted by Gasteiger charge is -2.46. The van der Waals surface area contributed by atoms with Crippen LogP contribution < -0.4 is 5.73 Å². The van der Waals surface area contributed by atoms with Crippen LogP contribution in [-0.4, -0.2) is 30.1 Å². The van der Waals surface area contributed by atoms with Crippen molar-refractivity contribution in [1.29, 1.82) is 0 Å². The Bertz CT molecular complexity index is 219. The Balaban J connectivity index is 1.80. The standard InChI is InChI=1S/C14H28N2/c1-3-13(4-2)8-10-16(11-9-13)12-14(15)6-5-7-14/h3-12,15H2,1-2H3. The molecule has 2 fully saturated rings. The van der Waals surface area contributed by atoms with E-state index in [2.05, 4.69) is 18.7 Å². The molecule has 1 aliphatic heterocycles. The van der Waals surface area contributed by atoms with E-state index in [-0.39, 0.29) is 5.54 Å². The summed E-state index contributed by atoms with van der Waals surface area (Å²) in [6, 6.07) is 0. The number of hydrogen-bond acceptors (Lipinski definition) is 2. The number of piperidine rings is 1. The van der Waals surface area contributed by atoms with Crippen LogP contribution in [-0.2, 0) is 0 Å². The van der Waals surface area contributed by atoms with E-state index in [1.54, 1.807) is 0 Å². The fraction of sp³-hybridized carbons (Fsp3) is 1.00. The molecule has 0 spiro atoms. The summed E-state index contributed by atoms with van der Waals surface area (Å²) in [5, 5.41) is 0. The molecule has 2 heteroatoms. The molecule has 2 nitrogen and oxygen atoms in total. The highest BCUT2D eigenvalue weighted by Crippen LogP contribution is 2.39. The summed E-state index contributed by atoms with van der Waals surface area (Å²) >= 11 is 0. The molecule has 1 aliphatic carbocycles. The summed E-state index contributed by atoms with van der Waals surface area (Å²) < 4.78 is 0. The van der Waals surface area contributed by atoms with Crippen molar-refractivity contribution >= 4 is 0 Å². The maximum absolute atomic E-state index is 6.32. The highest BCUT2D eigenvalue weighted by molar-refractivity contribution is 4.96. The summed E-state index contributed by atoms with van der Waals surface area (Å²) in [4.78, 5) is 2.61. The summed E-state index contributed by atoms with van der Waals surface area (Å²) in [7, 11) is 0. The summed E-state index contributed by atoms with van der Waals surface area (Å²) in [5.41, 5.74) is 7.15. The minimum absolute atomic E-state index is 0.179. The normalized spacial score (nSPS) is 28.7. The van der Waals surface area contributed by atoms with Crippen LogP contribution in [0.2, 0.25) is 0 Å². The Morgan fingerprint density at radius 3 is 1.94 bits per heavy atom. The monoisotopic (exact) mass is 224 g/mol. The van der Waals surface area contributed by atoms with Crippen molar-refractivity contribution in [3.8, 4) is 0 Å². The van der Waals surface area contributed by atoms with Gasteiger partial charge in [-0.15, -0.1) is 0 Å². The molecule has 0 bridgehead atoms. The van der Waals surface area contributed by atoms with Crippen molar-refractivity contribution in [2.24, 2.45) is 11.1 Å². The first-order valence-corrected chi connectivity index (χ1v) is 7.13. The van der Waals surface area contributed by atoms with Crippen molar-refractivity contribution in [2.45, 2.75) is 64.3 Å². The molecule has 1 saturated heterocycles. The molecule has 2 rings (SSSR count). The molecule has 0 aromatic heterocycles. The van der Waals surface area contributed by atoms with E-state index in [0.717, 1.165) is 6.54 Å². The van der Waals surface area contributed by atoms with E-state index in [9.17, 15) is 0 Å². The fourth-order valence-corrected chi connectivity index (χ4v) is 3.38. The molecule has 0 aromatic rings. The molecule has 0 amide bonds. The van der Waals surface area contributed by atoms with Crippen LogP contribution in [0.5, 0.6) is 0 Å². The Labute approximate surface area is 101 Å². The Morgan fingerprint density at radius 1 is 1.00 bits per heavy atom. The van der Waals surface area contributed by atoms with E-state index >= 15 is 0 Å². The number of likely N-dealkylation sites (tertiary alicyclic amines) is 1. The van der Waals surface area contributed by atoms with Gasteiger partial charge in [0.1, 0.15) is 0 Å². The zero-order chi connectivity index (χ0) is 11.6.